The van der Waals surface area contributed by atoms with Gasteiger partial charge in [0.05, 0.1) is 24.6 Å². The topological polar surface area (TPSA) is 88.5 Å². The van der Waals surface area contributed by atoms with E-state index in [1.807, 2.05) is 13.1 Å². The molecule has 0 aliphatic heterocycles. The van der Waals surface area contributed by atoms with E-state index in [-0.39, 0.29) is 11.5 Å². The minimum Gasteiger partial charge on any atom is -0.383 e. The lowest BCUT2D eigenvalue weighted by Gasteiger charge is -2.13. The van der Waals surface area contributed by atoms with Gasteiger partial charge in [0.15, 0.2) is 12.4 Å². The number of quaternary nitrogens is 1. The second-order valence-electron chi connectivity index (χ2n) is 5.18. The Morgan fingerprint density at radius 1 is 1.41 bits per heavy atom. The third kappa shape index (κ3) is 4.37. The summed E-state index contributed by atoms with van der Waals surface area (Å²) in [4.78, 5) is 31.8. The molecule has 1 aromatic carbocycles. The number of hydrogen-bond donors (Lipinski definition) is 3. The van der Waals surface area contributed by atoms with Crippen molar-refractivity contribution in [2.45, 2.75) is 6.54 Å². The van der Waals surface area contributed by atoms with Gasteiger partial charge in [0.2, 0.25) is 0 Å². The lowest BCUT2D eigenvalue weighted by Crippen LogP contribution is -3.09. The molecule has 1 amide bonds. The molecule has 1 atom stereocenters. The summed E-state index contributed by atoms with van der Waals surface area (Å²) in [5.74, 6) is 0.517. The van der Waals surface area contributed by atoms with Crippen LogP contribution in [-0.2, 0) is 16.1 Å². The van der Waals surface area contributed by atoms with E-state index in [2.05, 4.69) is 15.3 Å². The predicted molar refractivity (Wildman–Crippen MR) is 82.7 cm³/mol. The van der Waals surface area contributed by atoms with Crippen molar-refractivity contribution in [1.82, 2.24) is 15.3 Å². The van der Waals surface area contributed by atoms with Crippen LogP contribution in [0.25, 0.3) is 10.9 Å². The summed E-state index contributed by atoms with van der Waals surface area (Å²) in [6, 6.07) is 7.20. The van der Waals surface area contributed by atoms with Crippen molar-refractivity contribution in [3.05, 3.63) is 40.4 Å². The van der Waals surface area contributed by atoms with Crippen LogP contribution in [0, 0.1) is 0 Å². The number of amides is 1. The molecule has 2 rings (SSSR count). The monoisotopic (exact) mass is 305 g/mol. The van der Waals surface area contributed by atoms with Crippen molar-refractivity contribution >= 4 is 16.8 Å². The number of nitrogens with zero attached hydrogens (tertiary/aromatic N) is 1. The highest BCUT2D eigenvalue weighted by molar-refractivity contribution is 5.77. The number of carbonyl (C=O) groups excluding carboxylic acids is 1. The van der Waals surface area contributed by atoms with E-state index in [0.29, 0.717) is 43.0 Å². The van der Waals surface area contributed by atoms with E-state index in [9.17, 15) is 9.59 Å². The second kappa shape index (κ2) is 7.67. The van der Waals surface area contributed by atoms with Crippen LogP contribution < -0.4 is 15.8 Å². The first-order valence-corrected chi connectivity index (χ1v) is 7.15. The van der Waals surface area contributed by atoms with Gasteiger partial charge in [-0.25, -0.2) is 4.98 Å². The Labute approximate surface area is 128 Å². The number of aromatic amines is 1. The zero-order valence-corrected chi connectivity index (χ0v) is 12.8. The van der Waals surface area contributed by atoms with Gasteiger partial charge in [0, 0.05) is 13.7 Å². The van der Waals surface area contributed by atoms with Gasteiger partial charge in [-0.05, 0) is 12.1 Å². The quantitative estimate of drug-likeness (QED) is 0.555. The normalized spacial score (nSPS) is 12.3. The number of ether oxygens (including phenoxy) is 1. The van der Waals surface area contributed by atoms with Crippen molar-refractivity contribution in [1.29, 1.82) is 0 Å². The number of carbonyl (C=O) groups is 1. The summed E-state index contributed by atoms with van der Waals surface area (Å²) in [7, 11) is 3.47. The number of H-pyrrole nitrogens is 1. The lowest BCUT2D eigenvalue weighted by atomic mass is 10.2. The van der Waals surface area contributed by atoms with E-state index in [1.165, 1.54) is 0 Å². The van der Waals surface area contributed by atoms with Crippen LogP contribution in [0.1, 0.15) is 5.82 Å². The molecule has 1 aromatic heterocycles. The number of nitrogens with one attached hydrogen (secondary N) is 3. The van der Waals surface area contributed by atoms with Gasteiger partial charge < -0.3 is 19.9 Å². The third-order valence-electron chi connectivity index (χ3n) is 3.22. The van der Waals surface area contributed by atoms with E-state index in [0.717, 1.165) is 4.90 Å². The summed E-state index contributed by atoms with van der Waals surface area (Å²) in [6.45, 7) is 1.76. The van der Waals surface area contributed by atoms with Crippen molar-refractivity contribution in [3.8, 4) is 0 Å². The van der Waals surface area contributed by atoms with Gasteiger partial charge in [-0.3, -0.25) is 9.59 Å². The molecular weight excluding hydrogens is 284 g/mol. The van der Waals surface area contributed by atoms with Crippen molar-refractivity contribution in [2.24, 2.45) is 0 Å². The van der Waals surface area contributed by atoms with Crippen LogP contribution in [0.2, 0.25) is 0 Å². The molecule has 7 heteroatoms. The molecule has 0 aliphatic carbocycles. The smallest absolute Gasteiger partial charge is 0.275 e. The second-order valence-corrected chi connectivity index (χ2v) is 5.18. The van der Waals surface area contributed by atoms with Crippen LogP contribution in [0.3, 0.4) is 0 Å². The van der Waals surface area contributed by atoms with Crippen LogP contribution in [0.15, 0.2) is 29.1 Å². The lowest BCUT2D eigenvalue weighted by molar-refractivity contribution is -0.886. The summed E-state index contributed by atoms with van der Waals surface area (Å²) < 4.78 is 4.88. The number of hydrogen-bond acceptors (Lipinski definition) is 4. The zero-order chi connectivity index (χ0) is 15.9. The molecule has 1 heterocycles. The van der Waals surface area contributed by atoms with Crippen molar-refractivity contribution in [3.63, 3.8) is 0 Å². The zero-order valence-electron chi connectivity index (χ0n) is 12.8. The van der Waals surface area contributed by atoms with Crippen LogP contribution in [-0.4, -0.2) is 49.7 Å². The molecule has 0 radical (unpaired) electrons. The average Bonchev–Trinajstić information content (AvgIpc) is 2.47. The van der Waals surface area contributed by atoms with E-state index in [1.54, 1.807) is 25.3 Å². The highest BCUT2D eigenvalue weighted by atomic mass is 16.5. The van der Waals surface area contributed by atoms with Gasteiger partial charge in [0.25, 0.3) is 11.5 Å². The molecule has 0 saturated carbocycles. The fourth-order valence-corrected chi connectivity index (χ4v) is 2.20. The molecular formula is C15H21N4O3+. The van der Waals surface area contributed by atoms with Gasteiger partial charge in [-0.2, -0.15) is 0 Å². The van der Waals surface area contributed by atoms with Crippen LogP contribution >= 0.6 is 0 Å². The van der Waals surface area contributed by atoms with Gasteiger partial charge in [-0.15, -0.1) is 0 Å². The molecule has 2 aromatic rings. The van der Waals surface area contributed by atoms with E-state index < -0.39 is 0 Å². The molecule has 0 aliphatic rings. The first-order chi connectivity index (χ1) is 10.6. The summed E-state index contributed by atoms with van der Waals surface area (Å²) in [5, 5.41) is 3.33. The maximum Gasteiger partial charge on any atom is 0.275 e. The Kier molecular flexibility index (Phi) is 5.62. The highest BCUT2D eigenvalue weighted by Crippen LogP contribution is 2.04. The Balaban J connectivity index is 1.98. The van der Waals surface area contributed by atoms with Crippen molar-refractivity contribution in [2.75, 3.05) is 33.9 Å². The molecule has 0 bridgehead atoms. The SMILES string of the molecule is COCCNC(=O)C[NH+](C)Cc1nc2ccccc2c(=O)[nH]1. The largest absolute Gasteiger partial charge is 0.383 e. The molecule has 0 saturated heterocycles. The predicted octanol–water partition coefficient (Wildman–Crippen LogP) is -1.30. The Hall–Kier alpha value is -2.25. The maximum atomic E-state index is 12.0. The average molecular weight is 305 g/mol. The molecule has 0 fully saturated rings. The van der Waals surface area contributed by atoms with E-state index in [4.69, 9.17) is 4.74 Å². The number of methoxy groups -OCH3 is 1. The minimum atomic E-state index is -0.155. The molecule has 0 spiro atoms. The first kappa shape index (κ1) is 16.1. The van der Waals surface area contributed by atoms with Crippen LogP contribution in [0.4, 0.5) is 0 Å². The Bertz CT molecular complexity index is 698. The highest BCUT2D eigenvalue weighted by Gasteiger charge is 2.12. The summed E-state index contributed by atoms with van der Waals surface area (Å²) in [6.07, 6.45) is 0. The van der Waals surface area contributed by atoms with Gasteiger partial charge >= 0.3 is 0 Å². The van der Waals surface area contributed by atoms with Crippen molar-refractivity contribution < 1.29 is 14.4 Å². The molecule has 1 unspecified atom stereocenters. The number of para-hydroxylation sites is 1. The standard InChI is InChI=1S/C15H20N4O3/c1-19(10-14(20)16-7-8-22-2)9-13-17-12-6-4-3-5-11(12)15(21)18-13/h3-6H,7-10H2,1-2H3,(H,16,20)(H,17,18,21)/p+1. The van der Waals surface area contributed by atoms with Crippen LogP contribution in [0.5, 0.6) is 0 Å². The van der Waals surface area contributed by atoms with E-state index >= 15 is 0 Å². The molecule has 118 valence electrons. The van der Waals surface area contributed by atoms with Gasteiger partial charge in [-0.1, -0.05) is 12.1 Å². The maximum absolute atomic E-state index is 12.0. The minimum absolute atomic E-state index is 0.0577. The Morgan fingerprint density at radius 2 is 2.18 bits per heavy atom. The summed E-state index contributed by atoms with van der Waals surface area (Å²) in [5.41, 5.74) is 0.511. The number of aromatic nitrogens is 2. The first-order valence-electron chi connectivity index (χ1n) is 7.15. The molecule has 3 N–H and O–H groups in total. The molecule has 7 nitrogen and oxygen atoms in total. The molecule has 22 heavy (non-hydrogen) atoms. The number of rotatable bonds is 7. The Morgan fingerprint density at radius 3 is 2.95 bits per heavy atom. The number of benzene rings is 1. The number of fused-ring (bicyclic) bond motifs is 1. The van der Waals surface area contributed by atoms with Gasteiger partial charge in [0.1, 0.15) is 6.54 Å². The fourth-order valence-electron chi connectivity index (χ4n) is 2.20. The summed E-state index contributed by atoms with van der Waals surface area (Å²) >= 11 is 0. The fraction of sp³-hybridized carbons (Fsp3) is 0.400. The third-order valence-corrected chi connectivity index (χ3v) is 3.22. The number of likely N-dealkylation sites (N-methyl/N-ethyl adjacent to an activating group) is 1.